The van der Waals surface area contributed by atoms with Crippen LogP contribution in [0.25, 0.3) is 0 Å². The minimum Gasteiger partial charge on any atom is -0.395 e. The SMILES string of the molecule is COCCOCCOCCNC(CO)COC. The standard InChI is InChI=1S/C11H25NO5/c1-14-5-6-17-8-7-16-4-3-12-11(9-13)10-15-2/h11-13H,3-10H2,1-2H3. The van der Waals surface area contributed by atoms with Gasteiger partial charge in [-0.25, -0.2) is 0 Å². The summed E-state index contributed by atoms with van der Waals surface area (Å²) in [6, 6.07) is -0.0263. The van der Waals surface area contributed by atoms with E-state index in [0.29, 0.717) is 46.2 Å². The number of hydrogen-bond donors (Lipinski definition) is 2. The molecule has 0 aromatic carbocycles. The maximum Gasteiger partial charge on any atom is 0.0701 e. The van der Waals surface area contributed by atoms with Crippen LogP contribution in [0.15, 0.2) is 0 Å². The van der Waals surface area contributed by atoms with Crippen molar-refractivity contribution in [3.05, 3.63) is 0 Å². The lowest BCUT2D eigenvalue weighted by Crippen LogP contribution is -2.38. The van der Waals surface area contributed by atoms with Crippen molar-refractivity contribution in [1.82, 2.24) is 5.32 Å². The molecule has 1 unspecified atom stereocenters. The Morgan fingerprint density at radius 2 is 1.59 bits per heavy atom. The molecule has 6 nitrogen and oxygen atoms in total. The summed E-state index contributed by atoms with van der Waals surface area (Å²) < 4.78 is 20.3. The van der Waals surface area contributed by atoms with Crippen LogP contribution in [-0.4, -0.2) is 78.2 Å². The molecule has 0 aliphatic carbocycles. The molecule has 0 bridgehead atoms. The second kappa shape index (κ2) is 13.8. The summed E-state index contributed by atoms with van der Waals surface area (Å²) in [5, 5.41) is 12.1. The molecule has 2 N–H and O–H groups in total. The summed E-state index contributed by atoms with van der Waals surface area (Å²) >= 11 is 0. The van der Waals surface area contributed by atoms with Gasteiger partial charge >= 0.3 is 0 Å². The van der Waals surface area contributed by atoms with E-state index >= 15 is 0 Å². The quantitative estimate of drug-likeness (QED) is 0.420. The van der Waals surface area contributed by atoms with E-state index in [9.17, 15) is 0 Å². The molecule has 0 saturated carbocycles. The van der Waals surface area contributed by atoms with Gasteiger partial charge < -0.3 is 29.4 Å². The molecule has 0 aliphatic heterocycles. The molecule has 0 radical (unpaired) electrons. The molecule has 0 aromatic heterocycles. The van der Waals surface area contributed by atoms with E-state index in [4.69, 9.17) is 24.1 Å². The molecule has 0 saturated heterocycles. The molecule has 17 heavy (non-hydrogen) atoms. The van der Waals surface area contributed by atoms with Crippen LogP contribution in [0.4, 0.5) is 0 Å². The molecule has 0 aromatic rings. The first-order valence-electron chi connectivity index (χ1n) is 5.82. The van der Waals surface area contributed by atoms with Gasteiger partial charge in [-0.3, -0.25) is 0 Å². The third-order valence-corrected chi connectivity index (χ3v) is 2.07. The summed E-state index contributed by atoms with van der Waals surface area (Å²) in [7, 11) is 3.25. The van der Waals surface area contributed by atoms with Crippen LogP contribution >= 0.6 is 0 Å². The van der Waals surface area contributed by atoms with Crippen molar-refractivity contribution < 1.29 is 24.1 Å². The highest BCUT2D eigenvalue weighted by Gasteiger charge is 2.04. The first-order chi connectivity index (χ1) is 8.35. The first-order valence-corrected chi connectivity index (χ1v) is 5.82. The zero-order valence-corrected chi connectivity index (χ0v) is 10.8. The summed E-state index contributed by atoms with van der Waals surface area (Å²) in [5.74, 6) is 0. The Kier molecular flexibility index (Phi) is 13.6. The Morgan fingerprint density at radius 3 is 2.18 bits per heavy atom. The molecule has 0 spiro atoms. The number of hydrogen-bond acceptors (Lipinski definition) is 6. The van der Waals surface area contributed by atoms with Crippen molar-refractivity contribution >= 4 is 0 Å². The molecular weight excluding hydrogens is 226 g/mol. The van der Waals surface area contributed by atoms with E-state index in [0.717, 1.165) is 0 Å². The number of rotatable bonds is 13. The average Bonchev–Trinajstić information content (AvgIpc) is 2.35. The van der Waals surface area contributed by atoms with Gasteiger partial charge in [-0.05, 0) is 0 Å². The molecule has 0 amide bonds. The van der Waals surface area contributed by atoms with Gasteiger partial charge in [0, 0.05) is 20.8 Å². The van der Waals surface area contributed by atoms with E-state index < -0.39 is 0 Å². The molecule has 6 heteroatoms. The lowest BCUT2D eigenvalue weighted by atomic mass is 10.3. The fourth-order valence-electron chi connectivity index (χ4n) is 1.18. The van der Waals surface area contributed by atoms with E-state index in [1.54, 1.807) is 14.2 Å². The highest BCUT2D eigenvalue weighted by Crippen LogP contribution is 1.84. The lowest BCUT2D eigenvalue weighted by molar-refractivity contribution is 0.0241. The van der Waals surface area contributed by atoms with Crippen molar-refractivity contribution in [3.63, 3.8) is 0 Å². The number of aliphatic hydroxyl groups excluding tert-OH is 1. The minimum absolute atomic E-state index is 0.0263. The fourth-order valence-corrected chi connectivity index (χ4v) is 1.18. The summed E-state index contributed by atoms with van der Waals surface area (Å²) in [4.78, 5) is 0. The molecular formula is C11H25NO5. The predicted octanol–water partition coefficient (Wildman–Crippen LogP) is -0.737. The lowest BCUT2D eigenvalue weighted by Gasteiger charge is -2.15. The number of ether oxygens (including phenoxy) is 4. The van der Waals surface area contributed by atoms with Crippen LogP contribution in [0.5, 0.6) is 0 Å². The van der Waals surface area contributed by atoms with E-state index in [1.807, 2.05) is 0 Å². The van der Waals surface area contributed by atoms with E-state index in [2.05, 4.69) is 5.32 Å². The largest absolute Gasteiger partial charge is 0.395 e. The second-order valence-electron chi connectivity index (χ2n) is 3.51. The Balaban J connectivity index is 3.11. The highest BCUT2D eigenvalue weighted by molar-refractivity contribution is 4.63. The third-order valence-electron chi connectivity index (χ3n) is 2.07. The van der Waals surface area contributed by atoms with Crippen molar-refractivity contribution in [3.8, 4) is 0 Å². The Morgan fingerprint density at radius 1 is 0.941 bits per heavy atom. The monoisotopic (exact) mass is 251 g/mol. The molecule has 1 atom stereocenters. The molecule has 0 fully saturated rings. The zero-order chi connectivity index (χ0) is 12.8. The maximum absolute atomic E-state index is 8.97. The Bertz CT molecular complexity index is 148. The van der Waals surface area contributed by atoms with Crippen LogP contribution < -0.4 is 5.32 Å². The molecule has 0 aliphatic rings. The first kappa shape index (κ1) is 16.8. The van der Waals surface area contributed by atoms with Crippen molar-refractivity contribution in [2.75, 3.05) is 67.0 Å². The summed E-state index contributed by atoms with van der Waals surface area (Å²) in [6.45, 7) is 4.19. The second-order valence-corrected chi connectivity index (χ2v) is 3.51. The number of aliphatic hydroxyl groups is 1. The summed E-state index contributed by atoms with van der Waals surface area (Å²) in [5.41, 5.74) is 0. The topological polar surface area (TPSA) is 69.2 Å². The molecule has 0 rings (SSSR count). The Hall–Kier alpha value is -0.240. The van der Waals surface area contributed by atoms with Gasteiger partial charge in [0.25, 0.3) is 0 Å². The molecule has 104 valence electrons. The van der Waals surface area contributed by atoms with Gasteiger partial charge in [0.05, 0.1) is 52.3 Å². The highest BCUT2D eigenvalue weighted by atomic mass is 16.5. The predicted molar refractivity (Wildman–Crippen MR) is 64.3 cm³/mol. The van der Waals surface area contributed by atoms with Crippen LogP contribution in [0.2, 0.25) is 0 Å². The molecule has 0 heterocycles. The smallest absolute Gasteiger partial charge is 0.0701 e. The fraction of sp³-hybridized carbons (Fsp3) is 1.00. The van der Waals surface area contributed by atoms with Gasteiger partial charge in [0.1, 0.15) is 0 Å². The number of nitrogens with one attached hydrogen (secondary N) is 1. The minimum atomic E-state index is -0.0263. The van der Waals surface area contributed by atoms with Crippen molar-refractivity contribution in [2.24, 2.45) is 0 Å². The van der Waals surface area contributed by atoms with Crippen LogP contribution in [0, 0.1) is 0 Å². The van der Waals surface area contributed by atoms with Crippen LogP contribution in [-0.2, 0) is 18.9 Å². The third kappa shape index (κ3) is 12.0. The normalized spacial score (nSPS) is 12.9. The van der Waals surface area contributed by atoms with Crippen molar-refractivity contribution in [1.29, 1.82) is 0 Å². The van der Waals surface area contributed by atoms with Crippen molar-refractivity contribution in [2.45, 2.75) is 6.04 Å². The number of methoxy groups -OCH3 is 2. The van der Waals surface area contributed by atoms with Gasteiger partial charge in [-0.1, -0.05) is 0 Å². The van der Waals surface area contributed by atoms with E-state index in [-0.39, 0.29) is 12.6 Å². The summed E-state index contributed by atoms with van der Waals surface area (Å²) in [6.07, 6.45) is 0. The van der Waals surface area contributed by atoms with E-state index in [1.165, 1.54) is 0 Å². The van der Waals surface area contributed by atoms with Gasteiger partial charge in [0.2, 0.25) is 0 Å². The van der Waals surface area contributed by atoms with Crippen LogP contribution in [0.3, 0.4) is 0 Å². The average molecular weight is 251 g/mol. The Labute approximate surface area is 103 Å². The maximum atomic E-state index is 8.97. The van der Waals surface area contributed by atoms with Gasteiger partial charge in [-0.15, -0.1) is 0 Å². The van der Waals surface area contributed by atoms with Gasteiger partial charge in [0.15, 0.2) is 0 Å². The van der Waals surface area contributed by atoms with Gasteiger partial charge in [-0.2, -0.15) is 0 Å². The zero-order valence-electron chi connectivity index (χ0n) is 10.8. The van der Waals surface area contributed by atoms with Crippen LogP contribution in [0.1, 0.15) is 0 Å².